The second-order valence-corrected chi connectivity index (χ2v) is 3.08. The van der Waals surface area contributed by atoms with Gasteiger partial charge in [-0.2, -0.15) is 0 Å². The molecule has 0 heterocycles. The van der Waals surface area contributed by atoms with Gasteiger partial charge in [-0.25, -0.2) is 0 Å². The summed E-state index contributed by atoms with van der Waals surface area (Å²) in [6.45, 7) is 0. The van der Waals surface area contributed by atoms with Gasteiger partial charge >= 0.3 is 5.97 Å². The van der Waals surface area contributed by atoms with Crippen molar-refractivity contribution in [3.8, 4) is 0 Å². The van der Waals surface area contributed by atoms with Crippen LogP contribution in [0.25, 0.3) is 0 Å². The lowest BCUT2D eigenvalue weighted by molar-refractivity contribution is -0.137. The SMILES string of the molecule is NC1=CC=CC(N)(CC(=O)O)C1. The summed E-state index contributed by atoms with van der Waals surface area (Å²) in [7, 11) is 0. The molecule has 4 heteroatoms. The lowest BCUT2D eigenvalue weighted by atomic mass is 9.87. The molecule has 0 aromatic heterocycles. The Morgan fingerprint density at radius 3 is 2.92 bits per heavy atom. The maximum Gasteiger partial charge on any atom is 0.305 e. The Balaban J connectivity index is 2.69. The molecule has 0 radical (unpaired) electrons. The lowest BCUT2D eigenvalue weighted by Gasteiger charge is -2.26. The molecule has 0 spiro atoms. The molecule has 0 aliphatic heterocycles. The van der Waals surface area contributed by atoms with Gasteiger partial charge < -0.3 is 16.6 Å². The third-order valence-electron chi connectivity index (χ3n) is 1.75. The number of carboxylic acids is 1. The van der Waals surface area contributed by atoms with E-state index in [1.807, 2.05) is 0 Å². The summed E-state index contributed by atoms with van der Waals surface area (Å²) < 4.78 is 0. The van der Waals surface area contributed by atoms with Gasteiger partial charge in [0.1, 0.15) is 0 Å². The van der Waals surface area contributed by atoms with Gasteiger partial charge in [-0.3, -0.25) is 4.79 Å². The first-order valence-corrected chi connectivity index (χ1v) is 3.66. The van der Waals surface area contributed by atoms with Gasteiger partial charge in [-0.15, -0.1) is 0 Å². The van der Waals surface area contributed by atoms with E-state index in [4.69, 9.17) is 16.6 Å². The summed E-state index contributed by atoms with van der Waals surface area (Å²) in [5.41, 5.74) is 11.1. The van der Waals surface area contributed by atoms with Crippen molar-refractivity contribution >= 4 is 5.97 Å². The highest BCUT2D eigenvalue weighted by molar-refractivity contribution is 5.69. The molecule has 1 aliphatic rings. The van der Waals surface area contributed by atoms with Gasteiger partial charge in [0.15, 0.2) is 0 Å². The van der Waals surface area contributed by atoms with Crippen LogP contribution in [0.5, 0.6) is 0 Å². The Bertz CT molecular complexity index is 254. The fourth-order valence-corrected chi connectivity index (χ4v) is 1.26. The third kappa shape index (κ3) is 2.10. The first kappa shape index (κ1) is 8.80. The summed E-state index contributed by atoms with van der Waals surface area (Å²) in [5, 5.41) is 8.54. The van der Waals surface area contributed by atoms with Crippen molar-refractivity contribution in [2.45, 2.75) is 18.4 Å². The maximum absolute atomic E-state index is 10.4. The zero-order valence-corrected chi connectivity index (χ0v) is 6.66. The minimum absolute atomic E-state index is 0.0853. The molecule has 0 saturated carbocycles. The zero-order valence-electron chi connectivity index (χ0n) is 6.66. The fourth-order valence-electron chi connectivity index (χ4n) is 1.26. The molecule has 0 fully saturated rings. The molecule has 0 saturated heterocycles. The standard InChI is InChI=1S/C8H12N2O2/c9-6-2-1-3-8(10,4-6)5-7(11)12/h1-3H,4-5,9-10H2,(H,11,12). The predicted octanol–water partition coefficient (Wildman–Crippen LogP) is -0.0389. The van der Waals surface area contributed by atoms with E-state index in [0.717, 1.165) is 0 Å². The van der Waals surface area contributed by atoms with Crippen LogP contribution < -0.4 is 11.5 Å². The Labute approximate surface area is 70.5 Å². The van der Waals surface area contributed by atoms with Crippen LogP contribution in [0, 0.1) is 0 Å². The summed E-state index contributed by atoms with van der Waals surface area (Å²) in [5.74, 6) is -0.906. The molecule has 1 unspecified atom stereocenters. The smallest absolute Gasteiger partial charge is 0.305 e. The van der Waals surface area contributed by atoms with E-state index in [0.29, 0.717) is 12.1 Å². The Morgan fingerprint density at radius 1 is 1.75 bits per heavy atom. The van der Waals surface area contributed by atoms with E-state index in [-0.39, 0.29) is 6.42 Å². The Morgan fingerprint density at radius 2 is 2.42 bits per heavy atom. The van der Waals surface area contributed by atoms with Crippen LogP contribution in [0.3, 0.4) is 0 Å². The van der Waals surface area contributed by atoms with Crippen molar-refractivity contribution in [3.63, 3.8) is 0 Å². The van der Waals surface area contributed by atoms with Crippen molar-refractivity contribution in [1.82, 2.24) is 0 Å². The first-order valence-electron chi connectivity index (χ1n) is 3.66. The minimum atomic E-state index is -0.906. The highest BCUT2D eigenvalue weighted by Gasteiger charge is 2.27. The largest absolute Gasteiger partial charge is 0.481 e. The normalized spacial score (nSPS) is 28.2. The summed E-state index contributed by atoms with van der Waals surface area (Å²) >= 11 is 0. The van der Waals surface area contributed by atoms with Crippen LogP contribution in [-0.4, -0.2) is 16.6 Å². The van der Waals surface area contributed by atoms with Gasteiger partial charge in [0, 0.05) is 12.1 Å². The molecule has 0 amide bonds. The molecule has 0 aromatic rings. The molecule has 5 N–H and O–H groups in total. The fraction of sp³-hybridized carbons (Fsp3) is 0.375. The quantitative estimate of drug-likeness (QED) is 0.539. The molecule has 1 atom stereocenters. The van der Waals surface area contributed by atoms with Gasteiger partial charge in [0.25, 0.3) is 0 Å². The van der Waals surface area contributed by atoms with Crippen LogP contribution in [0.15, 0.2) is 23.9 Å². The number of aliphatic carboxylic acids is 1. The van der Waals surface area contributed by atoms with Crippen LogP contribution in [0.2, 0.25) is 0 Å². The van der Waals surface area contributed by atoms with Gasteiger partial charge in [-0.05, 0) is 6.08 Å². The topological polar surface area (TPSA) is 89.3 Å². The molecular weight excluding hydrogens is 156 g/mol. The van der Waals surface area contributed by atoms with Crippen LogP contribution in [0.4, 0.5) is 0 Å². The molecule has 4 nitrogen and oxygen atoms in total. The minimum Gasteiger partial charge on any atom is -0.481 e. The third-order valence-corrected chi connectivity index (χ3v) is 1.75. The zero-order chi connectivity index (χ0) is 9.19. The average molecular weight is 168 g/mol. The molecule has 1 aliphatic carbocycles. The first-order chi connectivity index (χ1) is 5.52. The van der Waals surface area contributed by atoms with Crippen molar-refractivity contribution < 1.29 is 9.90 Å². The summed E-state index contributed by atoms with van der Waals surface area (Å²) in [6.07, 6.45) is 5.43. The van der Waals surface area contributed by atoms with E-state index < -0.39 is 11.5 Å². The Hall–Kier alpha value is -1.29. The molecule has 0 aromatic carbocycles. The molecule has 66 valence electrons. The van der Waals surface area contributed by atoms with E-state index in [2.05, 4.69) is 0 Å². The highest BCUT2D eigenvalue weighted by Crippen LogP contribution is 2.20. The van der Waals surface area contributed by atoms with E-state index in [9.17, 15) is 4.79 Å². The second kappa shape index (κ2) is 2.98. The second-order valence-electron chi connectivity index (χ2n) is 3.08. The number of nitrogens with two attached hydrogens (primary N) is 2. The summed E-state index contributed by atoms with van der Waals surface area (Å²) in [4.78, 5) is 10.4. The van der Waals surface area contributed by atoms with Crippen LogP contribution in [-0.2, 0) is 4.79 Å². The number of rotatable bonds is 2. The van der Waals surface area contributed by atoms with E-state index in [1.165, 1.54) is 0 Å². The average Bonchev–Trinajstić information content (AvgIpc) is 1.82. The van der Waals surface area contributed by atoms with Gasteiger partial charge in [0.2, 0.25) is 0 Å². The monoisotopic (exact) mass is 168 g/mol. The lowest BCUT2D eigenvalue weighted by Crippen LogP contribution is -2.42. The van der Waals surface area contributed by atoms with Crippen molar-refractivity contribution in [3.05, 3.63) is 23.9 Å². The summed E-state index contributed by atoms with van der Waals surface area (Å²) in [6, 6.07) is 0. The number of carboxylic acid groups (broad SMARTS) is 1. The molecule has 0 bridgehead atoms. The van der Waals surface area contributed by atoms with E-state index >= 15 is 0 Å². The van der Waals surface area contributed by atoms with Gasteiger partial charge in [-0.1, -0.05) is 12.2 Å². The van der Waals surface area contributed by atoms with Gasteiger partial charge in [0.05, 0.1) is 12.0 Å². The maximum atomic E-state index is 10.4. The molecule has 1 rings (SSSR count). The molecular formula is C8H12N2O2. The van der Waals surface area contributed by atoms with Crippen LogP contribution >= 0.6 is 0 Å². The predicted molar refractivity (Wildman–Crippen MR) is 45.2 cm³/mol. The number of carbonyl (C=O) groups is 1. The number of allylic oxidation sites excluding steroid dienone is 2. The number of hydrogen-bond donors (Lipinski definition) is 3. The van der Waals surface area contributed by atoms with Crippen LogP contribution in [0.1, 0.15) is 12.8 Å². The molecule has 12 heavy (non-hydrogen) atoms. The Kier molecular flexibility index (Phi) is 2.19. The number of hydrogen-bond acceptors (Lipinski definition) is 3. The highest BCUT2D eigenvalue weighted by atomic mass is 16.4. The van der Waals surface area contributed by atoms with Crippen molar-refractivity contribution in [2.24, 2.45) is 11.5 Å². The van der Waals surface area contributed by atoms with E-state index in [1.54, 1.807) is 18.2 Å². The van der Waals surface area contributed by atoms with Crippen molar-refractivity contribution in [1.29, 1.82) is 0 Å². The van der Waals surface area contributed by atoms with Crippen molar-refractivity contribution in [2.75, 3.05) is 0 Å².